The molecule has 6 heteroatoms. The minimum atomic E-state index is -0.785. The standard InChI is InChI=1S/C53H94O6/c1-4-7-10-13-16-19-22-25-26-27-29-31-34-37-40-43-46-52(55)58-49-50(48-57-51(54)45-42-39-36-33-30-24-21-18-15-12-9-6-3)59-53(56)47-44-41-38-35-32-28-23-20-17-14-11-8-5-2/h9,12,18,21,26-27,29,31,50H,4-8,10-11,13-17,19-20,22-25,28,30,32-49H2,1-3H3/b12-9-,21-18-,27-26-,31-29-. The highest BCUT2D eigenvalue weighted by atomic mass is 16.6. The number of carbonyl (C=O) groups excluding carboxylic acids is 3. The maximum absolute atomic E-state index is 12.8. The van der Waals surface area contributed by atoms with E-state index >= 15 is 0 Å². The van der Waals surface area contributed by atoms with E-state index in [2.05, 4.69) is 69.4 Å². The quantitative estimate of drug-likeness (QED) is 0.0200. The fraction of sp³-hybridized carbons (Fsp3) is 0.792. The smallest absolute Gasteiger partial charge is 0.306 e. The predicted molar refractivity (Wildman–Crippen MR) is 252 cm³/mol. The van der Waals surface area contributed by atoms with Crippen LogP contribution >= 0.6 is 0 Å². The van der Waals surface area contributed by atoms with E-state index in [1.807, 2.05) is 0 Å². The highest BCUT2D eigenvalue weighted by Gasteiger charge is 2.19. The number of hydrogen-bond acceptors (Lipinski definition) is 6. The van der Waals surface area contributed by atoms with Crippen LogP contribution in [0.4, 0.5) is 0 Å². The number of rotatable bonds is 45. The second-order valence-electron chi connectivity index (χ2n) is 16.7. The molecular formula is C53H94O6. The lowest BCUT2D eigenvalue weighted by Gasteiger charge is -2.18. The molecule has 0 aliphatic rings. The van der Waals surface area contributed by atoms with Gasteiger partial charge in [-0.1, -0.05) is 211 Å². The Balaban J connectivity index is 4.41. The largest absolute Gasteiger partial charge is 0.462 e. The lowest BCUT2D eigenvalue weighted by molar-refractivity contribution is -0.167. The zero-order chi connectivity index (χ0) is 43.0. The molecule has 0 aromatic carbocycles. The normalized spacial score (nSPS) is 12.4. The van der Waals surface area contributed by atoms with Gasteiger partial charge in [-0.25, -0.2) is 0 Å². The first-order valence-corrected chi connectivity index (χ1v) is 25.2. The third-order valence-corrected chi connectivity index (χ3v) is 10.8. The van der Waals surface area contributed by atoms with E-state index in [1.165, 1.54) is 109 Å². The lowest BCUT2D eigenvalue weighted by atomic mass is 10.0. The molecule has 0 fully saturated rings. The van der Waals surface area contributed by atoms with Crippen LogP contribution in [0.5, 0.6) is 0 Å². The molecule has 0 N–H and O–H groups in total. The first kappa shape index (κ1) is 56.4. The van der Waals surface area contributed by atoms with Crippen LogP contribution < -0.4 is 0 Å². The van der Waals surface area contributed by atoms with Crippen LogP contribution in [0.2, 0.25) is 0 Å². The zero-order valence-corrected chi connectivity index (χ0v) is 39.0. The Morgan fingerprint density at radius 3 is 1.14 bits per heavy atom. The average Bonchev–Trinajstić information content (AvgIpc) is 3.23. The van der Waals surface area contributed by atoms with Crippen LogP contribution in [-0.2, 0) is 28.6 Å². The molecule has 0 bridgehead atoms. The Kier molecular flexibility index (Phi) is 45.9. The molecule has 6 nitrogen and oxygen atoms in total. The van der Waals surface area contributed by atoms with Crippen molar-refractivity contribution in [2.75, 3.05) is 13.2 Å². The number of carbonyl (C=O) groups is 3. The highest BCUT2D eigenvalue weighted by molar-refractivity contribution is 5.71. The second kappa shape index (κ2) is 48.0. The van der Waals surface area contributed by atoms with Crippen molar-refractivity contribution in [1.82, 2.24) is 0 Å². The maximum atomic E-state index is 12.8. The van der Waals surface area contributed by atoms with Crippen molar-refractivity contribution in [3.63, 3.8) is 0 Å². The molecular weight excluding hydrogens is 733 g/mol. The predicted octanol–water partition coefficient (Wildman–Crippen LogP) is 16.3. The molecule has 0 amide bonds. The molecule has 0 saturated carbocycles. The van der Waals surface area contributed by atoms with Crippen LogP contribution in [-0.4, -0.2) is 37.2 Å². The summed E-state index contributed by atoms with van der Waals surface area (Å²) in [6.07, 6.45) is 56.7. The topological polar surface area (TPSA) is 78.9 Å². The van der Waals surface area contributed by atoms with Crippen LogP contribution in [0, 0.1) is 0 Å². The lowest BCUT2D eigenvalue weighted by Crippen LogP contribution is -2.30. The fourth-order valence-electron chi connectivity index (χ4n) is 7.06. The number of allylic oxidation sites excluding steroid dienone is 8. The highest BCUT2D eigenvalue weighted by Crippen LogP contribution is 2.15. The molecule has 1 unspecified atom stereocenters. The molecule has 1 atom stereocenters. The summed E-state index contributed by atoms with van der Waals surface area (Å²) >= 11 is 0. The molecule has 59 heavy (non-hydrogen) atoms. The van der Waals surface area contributed by atoms with Gasteiger partial charge >= 0.3 is 17.9 Å². The van der Waals surface area contributed by atoms with Gasteiger partial charge in [0.1, 0.15) is 13.2 Å². The van der Waals surface area contributed by atoms with Crippen molar-refractivity contribution < 1.29 is 28.6 Å². The maximum Gasteiger partial charge on any atom is 0.306 e. The molecule has 0 aromatic rings. The number of unbranched alkanes of at least 4 members (excludes halogenated alkanes) is 27. The van der Waals surface area contributed by atoms with E-state index in [-0.39, 0.29) is 31.1 Å². The Bertz CT molecular complexity index is 1040. The number of ether oxygens (including phenoxy) is 3. The molecule has 0 aromatic heterocycles. The van der Waals surface area contributed by atoms with E-state index in [9.17, 15) is 14.4 Å². The first-order chi connectivity index (χ1) is 29.0. The van der Waals surface area contributed by atoms with Crippen molar-refractivity contribution in [1.29, 1.82) is 0 Å². The molecule has 0 spiro atoms. The van der Waals surface area contributed by atoms with Gasteiger partial charge in [0, 0.05) is 19.3 Å². The van der Waals surface area contributed by atoms with Gasteiger partial charge in [-0.2, -0.15) is 0 Å². The molecule has 0 aliphatic heterocycles. The monoisotopic (exact) mass is 827 g/mol. The molecule has 342 valence electrons. The van der Waals surface area contributed by atoms with Gasteiger partial charge in [0.05, 0.1) is 0 Å². The van der Waals surface area contributed by atoms with E-state index < -0.39 is 6.10 Å². The van der Waals surface area contributed by atoms with E-state index in [4.69, 9.17) is 14.2 Å². The summed E-state index contributed by atoms with van der Waals surface area (Å²) in [4.78, 5) is 37.9. The third kappa shape index (κ3) is 46.3. The fourth-order valence-corrected chi connectivity index (χ4v) is 7.06. The second-order valence-corrected chi connectivity index (χ2v) is 16.7. The van der Waals surface area contributed by atoms with Gasteiger partial charge in [0.25, 0.3) is 0 Å². The van der Waals surface area contributed by atoms with Crippen molar-refractivity contribution in [2.45, 2.75) is 258 Å². The Hall–Kier alpha value is -2.63. The van der Waals surface area contributed by atoms with E-state index in [0.29, 0.717) is 19.3 Å². The first-order valence-electron chi connectivity index (χ1n) is 25.2. The molecule has 0 radical (unpaired) electrons. The zero-order valence-electron chi connectivity index (χ0n) is 39.0. The van der Waals surface area contributed by atoms with Gasteiger partial charge in [-0.3, -0.25) is 14.4 Å². The minimum Gasteiger partial charge on any atom is -0.462 e. The molecule has 0 aliphatic carbocycles. The van der Waals surface area contributed by atoms with Crippen LogP contribution in [0.3, 0.4) is 0 Å². The molecule has 0 saturated heterocycles. The molecule has 0 rings (SSSR count). The number of esters is 3. The Morgan fingerprint density at radius 2 is 0.712 bits per heavy atom. The summed E-state index contributed by atoms with van der Waals surface area (Å²) in [7, 11) is 0. The molecule has 0 heterocycles. The summed E-state index contributed by atoms with van der Waals surface area (Å²) in [5, 5.41) is 0. The summed E-state index contributed by atoms with van der Waals surface area (Å²) in [6, 6.07) is 0. The van der Waals surface area contributed by atoms with Gasteiger partial charge < -0.3 is 14.2 Å². The third-order valence-electron chi connectivity index (χ3n) is 10.8. The van der Waals surface area contributed by atoms with Gasteiger partial charge in [-0.05, 0) is 70.6 Å². The minimum absolute atomic E-state index is 0.0872. The van der Waals surface area contributed by atoms with Crippen LogP contribution in [0.25, 0.3) is 0 Å². The Morgan fingerprint density at radius 1 is 0.373 bits per heavy atom. The van der Waals surface area contributed by atoms with E-state index in [1.54, 1.807) is 0 Å². The van der Waals surface area contributed by atoms with Gasteiger partial charge in [0.2, 0.25) is 0 Å². The number of hydrogen-bond donors (Lipinski definition) is 0. The average molecular weight is 827 g/mol. The van der Waals surface area contributed by atoms with Crippen molar-refractivity contribution >= 4 is 17.9 Å². The summed E-state index contributed by atoms with van der Waals surface area (Å²) in [5.74, 6) is -0.922. The van der Waals surface area contributed by atoms with Crippen molar-refractivity contribution in [3.8, 4) is 0 Å². The summed E-state index contributed by atoms with van der Waals surface area (Å²) in [5.41, 5.74) is 0. The van der Waals surface area contributed by atoms with Gasteiger partial charge in [-0.15, -0.1) is 0 Å². The van der Waals surface area contributed by atoms with Crippen LogP contribution in [0.1, 0.15) is 252 Å². The van der Waals surface area contributed by atoms with E-state index in [0.717, 1.165) is 103 Å². The summed E-state index contributed by atoms with van der Waals surface area (Å²) < 4.78 is 16.7. The van der Waals surface area contributed by atoms with Crippen LogP contribution in [0.15, 0.2) is 48.6 Å². The van der Waals surface area contributed by atoms with Crippen molar-refractivity contribution in [3.05, 3.63) is 48.6 Å². The summed E-state index contributed by atoms with van der Waals surface area (Å²) in [6.45, 7) is 6.49. The van der Waals surface area contributed by atoms with Crippen molar-refractivity contribution in [2.24, 2.45) is 0 Å². The van der Waals surface area contributed by atoms with Gasteiger partial charge in [0.15, 0.2) is 6.10 Å². The SMILES string of the molecule is CC/C=C\C/C=C\CCCCCCCC(=O)OCC(COC(=O)CCCCC/C=C\C=C/CCCCCCCCC)OC(=O)CCCCCCCCCCCCCCC. The Labute approximate surface area is 365 Å².